The fraction of sp³-hybridized carbons (Fsp3) is 0.348. The number of thiocarbonyl (C=S) groups is 1. The molecule has 2 heterocycles. The van der Waals surface area contributed by atoms with E-state index in [1.807, 2.05) is 0 Å². The van der Waals surface area contributed by atoms with Gasteiger partial charge in [0.15, 0.2) is 5.11 Å². The zero-order valence-electron chi connectivity index (χ0n) is 18.7. The molecule has 2 amide bonds. The average Bonchev–Trinajstić information content (AvgIpc) is 3.54. The molecule has 1 saturated carbocycles. The summed E-state index contributed by atoms with van der Waals surface area (Å²) in [5.41, 5.74) is -2.94. The van der Waals surface area contributed by atoms with Crippen LogP contribution in [0.4, 0.5) is 24.5 Å². The number of carbonyl (C=O) groups excluding carboxylic acids is 2. The minimum absolute atomic E-state index is 0.0274. The Labute approximate surface area is 204 Å². The van der Waals surface area contributed by atoms with Gasteiger partial charge in [0.2, 0.25) is 12.3 Å². The second-order valence-corrected chi connectivity index (χ2v) is 9.21. The van der Waals surface area contributed by atoms with E-state index in [2.05, 4.69) is 10.3 Å². The van der Waals surface area contributed by atoms with E-state index in [0.717, 1.165) is 29.9 Å². The fourth-order valence-electron chi connectivity index (χ4n) is 3.87. The number of carbonyl (C=O) groups is 2. The van der Waals surface area contributed by atoms with Gasteiger partial charge in [-0.15, -0.1) is 0 Å². The Morgan fingerprint density at radius 3 is 2.49 bits per heavy atom. The molecule has 1 aliphatic heterocycles. The van der Waals surface area contributed by atoms with Crippen LogP contribution in [0.3, 0.4) is 0 Å². The van der Waals surface area contributed by atoms with Crippen molar-refractivity contribution in [3.05, 3.63) is 47.7 Å². The predicted molar refractivity (Wildman–Crippen MR) is 124 cm³/mol. The van der Waals surface area contributed by atoms with Gasteiger partial charge in [-0.3, -0.25) is 14.5 Å². The molecule has 0 radical (unpaired) electrons. The number of halogens is 3. The summed E-state index contributed by atoms with van der Waals surface area (Å²) in [4.78, 5) is 30.7. The summed E-state index contributed by atoms with van der Waals surface area (Å²) in [5.74, 6) is -0.225. The normalized spacial score (nSPS) is 18.3. The highest BCUT2D eigenvalue weighted by Crippen LogP contribution is 2.40. The number of anilines is 2. The summed E-state index contributed by atoms with van der Waals surface area (Å²) in [5, 5.41) is 11.8. The molecule has 0 bridgehead atoms. The highest BCUT2D eigenvalue weighted by Gasteiger charge is 2.51. The summed E-state index contributed by atoms with van der Waals surface area (Å²) < 4.78 is 46.1. The van der Waals surface area contributed by atoms with Crippen LogP contribution in [0.5, 0.6) is 5.88 Å². The van der Waals surface area contributed by atoms with Crippen molar-refractivity contribution in [1.82, 2.24) is 10.3 Å². The Morgan fingerprint density at radius 1 is 1.26 bits per heavy atom. The van der Waals surface area contributed by atoms with Gasteiger partial charge in [-0.25, -0.2) is 4.98 Å². The van der Waals surface area contributed by atoms with E-state index < -0.39 is 28.7 Å². The number of rotatable bonds is 7. The Bertz CT molecular complexity index is 1240. The van der Waals surface area contributed by atoms with Crippen molar-refractivity contribution >= 4 is 41.0 Å². The van der Waals surface area contributed by atoms with E-state index in [0.29, 0.717) is 18.0 Å². The maximum atomic E-state index is 13.5. The van der Waals surface area contributed by atoms with Gasteiger partial charge in [-0.05, 0) is 63.2 Å². The number of ether oxygens (including phenoxy) is 1. The molecule has 1 aromatic carbocycles. The van der Waals surface area contributed by atoms with Crippen LogP contribution in [0.25, 0.3) is 0 Å². The molecule has 12 heteroatoms. The van der Waals surface area contributed by atoms with Crippen LogP contribution in [0, 0.1) is 11.3 Å². The average molecular weight is 504 g/mol. The first kappa shape index (κ1) is 24.4. The third-order valence-electron chi connectivity index (χ3n) is 6.05. The van der Waals surface area contributed by atoms with Gasteiger partial charge in [0.05, 0.1) is 40.3 Å². The summed E-state index contributed by atoms with van der Waals surface area (Å²) >= 11 is 5.50. The number of benzene rings is 1. The van der Waals surface area contributed by atoms with Crippen LogP contribution in [-0.4, -0.2) is 40.1 Å². The molecule has 1 aromatic heterocycles. The van der Waals surface area contributed by atoms with Crippen molar-refractivity contribution in [3.8, 4) is 11.9 Å². The quantitative estimate of drug-likeness (QED) is 0.456. The third-order valence-corrected chi connectivity index (χ3v) is 6.41. The van der Waals surface area contributed by atoms with E-state index in [9.17, 15) is 22.8 Å². The number of nitriles is 1. The fourth-order valence-corrected chi connectivity index (χ4v) is 4.39. The summed E-state index contributed by atoms with van der Waals surface area (Å²) in [6, 6.07) is 7.77. The number of amides is 2. The number of pyridine rings is 1. The van der Waals surface area contributed by atoms with Gasteiger partial charge in [-0.1, -0.05) is 0 Å². The lowest BCUT2D eigenvalue weighted by Gasteiger charge is -2.29. The highest BCUT2D eigenvalue weighted by molar-refractivity contribution is 7.81. The molecule has 0 atom stereocenters. The van der Waals surface area contributed by atoms with Crippen LogP contribution in [0.15, 0.2) is 36.5 Å². The Hall–Kier alpha value is -3.72. The third kappa shape index (κ3) is 4.39. The molecule has 2 aromatic rings. The molecule has 2 fully saturated rings. The second-order valence-electron chi connectivity index (χ2n) is 8.84. The van der Waals surface area contributed by atoms with Gasteiger partial charge in [-0.2, -0.15) is 18.4 Å². The second kappa shape index (κ2) is 8.49. The van der Waals surface area contributed by atoms with Crippen molar-refractivity contribution in [3.63, 3.8) is 0 Å². The Balaban J connectivity index is 1.60. The molecule has 0 unspecified atom stereocenters. The standard InChI is InChI=1S/C23H20F3N5O3S/c1-21(2)19(33)30(15-4-3-14(10-27)17(9-15)23(24,25)26)20(35)31(21)16-5-6-18(28-11-16)34-12-22(7-8-22)29-13-32/h3-6,9,11,13H,7-8,12H2,1-2H3,(H,29,32). The Kier molecular flexibility index (Phi) is 5.92. The molecular weight excluding hydrogens is 483 g/mol. The topological polar surface area (TPSA) is 98.6 Å². The lowest BCUT2D eigenvalue weighted by atomic mass is 10.0. The molecule has 1 aliphatic carbocycles. The molecule has 35 heavy (non-hydrogen) atoms. The number of hydrogen-bond acceptors (Lipinski definition) is 6. The van der Waals surface area contributed by atoms with E-state index >= 15 is 0 Å². The van der Waals surface area contributed by atoms with Crippen molar-refractivity contribution in [2.75, 3.05) is 16.4 Å². The van der Waals surface area contributed by atoms with Gasteiger partial charge in [0.1, 0.15) is 12.1 Å². The predicted octanol–water partition coefficient (Wildman–Crippen LogP) is 3.55. The molecule has 1 saturated heterocycles. The number of aromatic nitrogens is 1. The summed E-state index contributed by atoms with van der Waals surface area (Å²) in [6.07, 6.45) is -1.07. The van der Waals surface area contributed by atoms with Gasteiger partial charge < -0.3 is 15.0 Å². The van der Waals surface area contributed by atoms with E-state index in [-0.39, 0.29) is 22.9 Å². The molecule has 0 spiro atoms. The first-order valence-electron chi connectivity index (χ1n) is 10.5. The monoisotopic (exact) mass is 503 g/mol. The SMILES string of the molecule is CC1(C)C(=O)N(c2ccc(C#N)c(C(F)(F)F)c2)C(=S)N1c1ccc(OCC2(NC=O)CC2)nc1. The number of nitrogens with one attached hydrogen (secondary N) is 1. The summed E-state index contributed by atoms with van der Waals surface area (Å²) in [7, 11) is 0. The van der Waals surface area contributed by atoms with Gasteiger partial charge in [0, 0.05) is 6.07 Å². The van der Waals surface area contributed by atoms with Crippen molar-refractivity contribution in [2.24, 2.45) is 0 Å². The smallest absolute Gasteiger partial charge is 0.417 e. The van der Waals surface area contributed by atoms with E-state index in [4.69, 9.17) is 22.2 Å². The Morgan fingerprint density at radius 2 is 1.94 bits per heavy atom. The van der Waals surface area contributed by atoms with E-state index in [1.54, 1.807) is 26.0 Å². The van der Waals surface area contributed by atoms with E-state index in [1.165, 1.54) is 23.2 Å². The zero-order chi connectivity index (χ0) is 25.6. The number of alkyl halides is 3. The largest absolute Gasteiger partial charge is 0.475 e. The number of hydrogen-bond donors (Lipinski definition) is 1. The maximum absolute atomic E-state index is 13.5. The zero-order valence-corrected chi connectivity index (χ0v) is 19.5. The van der Waals surface area contributed by atoms with Crippen molar-refractivity contribution in [2.45, 2.75) is 43.9 Å². The lowest BCUT2D eigenvalue weighted by Crippen LogP contribution is -2.44. The molecule has 4 rings (SSSR count). The van der Waals surface area contributed by atoms with Crippen LogP contribution < -0.4 is 19.9 Å². The molecule has 182 valence electrons. The van der Waals surface area contributed by atoms with Crippen LogP contribution in [0.2, 0.25) is 0 Å². The molecule has 1 N–H and O–H groups in total. The minimum Gasteiger partial charge on any atom is -0.475 e. The van der Waals surface area contributed by atoms with Gasteiger partial charge in [0.25, 0.3) is 5.91 Å². The van der Waals surface area contributed by atoms with Crippen LogP contribution in [0.1, 0.15) is 37.8 Å². The molecular formula is C23H20F3N5O3S. The first-order valence-corrected chi connectivity index (χ1v) is 10.9. The first-order chi connectivity index (χ1) is 16.4. The van der Waals surface area contributed by atoms with Crippen molar-refractivity contribution < 1.29 is 27.5 Å². The minimum atomic E-state index is -4.78. The van der Waals surface area contributed by atoms with Crippen molar-refractivity contribution in [1.29, 1.82) is 5.26 Å². The summed E-state index contributed by atoms with van der Waals surface area (Å²) in [6.45, 7) is 3.46. The van der Waals surface area contributed by atoms with Crippen LogP contribution >= 0.6 is 12.2 Å². The lowest BCUT2D eigenvalue weighted by molar-refractivity contribution is -0.137. The van der Waals surface area contributed by atoms with Crippen LogP contribution in [-0.2, 0) is 15.8 Å². The molecule has 8 nitrogen and oxygen atoms in total. The molecule has 2 aliphatic rings. The highest BCUT2D eigenvalue weighted by atomic mass is 32.1. The van der Waals surface area contributed by atoms with Gasteiger partial charge >= 0.3 is 6.18 Å². The number of nitrogens with zero attached hydrogens (tertiary/aromatic N) is 4. The maximum Gasteiger partial charge on any atom is 0.417 e.